The Labute approximate surface area is 120 Å². The highest BCUT2D eigenvalue weighted by molar-refractivity contribution is 6.29. The summed E-state index contributed by atoms with van der Waals surface area (Å²) in [5.41, 5.74) is 0. The molecule has 0 bridgehead atoms. The van der Waals surface area contributed by atoms with E-state index < -0.39 is 11.9 Å². The molecule has 2 rings (SSSR count). The molecule has 0 radical (unpaired) electrons. The number of piperidine rings is 2. The average molecular weight is 284 g/mol. The summed E-state index contributed by atoms with van der Waals surface area (Å²) in [6.45, 7) is 1.77. The highest BCUT2D eigenvalue weighted by Crippen LogP contribution is 2.18. The lowest BCUT2D eigenvalue weighted by atomic mass is 10.1. The number of ether oxygens (including phenoxy) is 2. The van der Waals surface area contributed by atoms with Gasteiger partial charge < -0.3 is 9.47 Å². The highest BCUT2D eigenvalue weighted by Gasteiger charge is 2.30. The summed E-state index contributed by atoms with van der Waals surface area (Å²) < 4.78 is 10.5. The smallest absolute Gasteiger partial charge is 0.419 e. The highest BCUT2D eigenvalue weighted by atomic mass is 16.6. The van der Waals surface area contributed by atoms with Crippen LogP contribution in [-0.2, 0) is 19.1 Å². The molecule has 2 aliphatic rings. The van der Waals surface area contributed by atoms with E-state index >= 15 is 0 Å². The Morgan fingerprint density at radius 1 is 0.800 bits per heavy atom. The fraction of sp³-hybridized carbons (Fsp3) is 0.857. The van der Waals surface area contributed by atoms with E-state index in [1.165, 1.54) is 0 Å². The monoisotopic (exact) mass is 284 g/mol. The van der Waals surface area contributed by atoms with Crippen molar-refractivity contribution in [2.24, 2.45) is 0 Å². The van der Waals surface area contributed by atoms with Gasteiger partial charge in [0, 0.05) is 13.1 Å². The van der Waals surface area contributed by atoms with Crippen molar-refractivity contribution in [3.63, 3.8) is 0 Å². The van der Waals surface area contributed by atoms with E-state index in [4.69, 9.17) is 9.47 Å². The Bertz CT molecular complexity index is 327. The molecule has 20 heavy (non-hydrogen) atoms. The van der Waals surface area contributed by atoms with Gasteiger partial charge in [-0.2, -0.15) is 0 Å². The van der Waals surface area contributed by atoms with Crippen molar-refractivity contribution in [2.75, 3.05) is 27.2 Å². The van der Waals surface area contributed by atoms with Gasteiger partial charge in [-0.25, -0.2) is 9.59 Å². The van der Waals surface area contributed by atoms with E-state index in [0.717, 1.165) is 51.6 Å². The van der Waals surface area contributed by atoms with Crippen LogP contribution in [0, 0.1) is 0 Å². The fourth-order valence-electron chi connectivity index (χ4n) is 2.73. The molecule has 0 aromatic carbocycles. The zero-order chi connectivity index (χ0) is 14.5. The molecular weight excluding hydrogens is 260 g/mol. The van der Waals surface area contributed by atoms with Crippen LogP contribution in [0.15, 0.2) is 0 Å². The molecule has 2 heterocycles. The molecule has 2 atom stereocenters. The van der Waals surface area contributed by atoms with Crippen molar-refractivity contribution in [3.8, 4) is 0 Å². The van der Waals surface area contributed by atoms with E-state index in [0.29, 0.717) is 0 Å². The third kappa shape index (κ3) is 3.93. The normalized spacial score (nSPS) is 28.9. The van der Waals surface area contributed by atoms with Gasteiger partial charge in [-0.1, -0.05) is 0 Å². The van der Waals surface area contributed by atoms with Gasteiger partial charge in [0.25, 0.3) is 0 Å². The zero-order valence-electron chi connectivity index (χ0n) is 12.3. The standard InChI is InChI=1S/C14H24N2O4/c1-15-9-5-3-7-11(15)19-13(17)14(18)20-12-8-4-6-10-16(12)2/h11-12H,3-10H2,1-2H3. The molecule has 2 unspecified atom stereocenters. The van der Waals surface area contributed by atoms with Crippen LogP contribution in [0.1, 0.15) is 38.5 Å². The van der Waals surface area contributed by atoms with Crippen LogP contribution in [-0.4, -0.2) is 61.4 Å². The summed E-state index contributed by atoms with van der Waals surface area (Å²) in [5.74, 6) is -1.74. The van der Waals surface area contributed by atoms with E-state index in [1.54, 1.807) is 0 Å². The first-order chi connectivity index (χ1) is 9.58. The van der Waals surface area contributed by atoms with Crippen molar-refractivity contribution < 1.29 is 19.1 Å². The molecule has 114 valence electrons. The number of carbonyl (C=O) groups is 2. The predicted octanol–water partition coefficient (Wildman–Crippen LogP) is 0.956. The first-order valence-corrected chi connectivity index (χ1v) is 7.40. The minimum atomic E-state index is -0.872. The third-order valence-corrected chi connectivity index (χ3v) is 4.06. The van der Waals surface area contributed by atoms with Crippen molar-refractivity contribution in [1.29, 1.82) is 0 Å². The predicted molar refractivity (Wildman–Crippen MR) is 72.7 cm³/mol. The molecule has 6 heteroatoms. The number of esters is 2. The maximum Gasteiger partial charge on any atom is 0.419 e. The molecule has 0 saturated carbocycles. The molecule has 6 nitrogen and oxygen atoms in total. The Morgan fingerprint density at radius 2 is 1.20 bits per heavy atom. The number of nitrogens with zero attached hydrogens (tertiary/aromatic N) is 2. The fourth-order valence-corrected chi connectivity index (χ4v) is 2.73. The van der Waals surface area contributed by atoms with Crippen LogP contribution in [0.25, 0.3) is 0 Å². The van der Waals surface area contributed by atoms with Crippen molar-refractivity contribution in [2.45, 2.75) is 51.0 Å². The maximum absolute atomic E-state index is 11.8. The Morgan fingerprint density at radius 3 is 1.55 bits per heavy atom. The lowest BCUT2D eigenvalue weighted by Crippen LogP contribution is -2.44. The summed E-state index contributed by atoms with van der Waals surface area (Å²) in [6.07, 6.45) is 5.19. The Kier molecular flexibility index (Phi) is 5.37. The number of carbonyl (C=O) groups excluding carboxylic acids is 2. The van der Waals surface area contributed by atoms with E-state index in [-0.39, 0.29) is 12.5 Å². The number of hydrogen-bond acceptors (Lipinski definition) is 6. The van der Waals surface area contributed by atoms with Gasteiger partial charge in [-0.05, 0) is 52.6 Å². The Hall–Kier alpha value is -1.14. The van der Waals surface area contributed by atoms with Crippen molar-refractivity contribution in [3.05, 3.63) is 0 Å². The zero-order valence-corrected chi connectivity index (χ0v) is 12.3. The lowest BCUT2D eigenvalue weighted by molar-refractivity contribution is -0.186. The van der Waals surface area contributed by atoms with Gasteiger partial charge in [-0.3, -0.25) is 9.80 Å². The molecule has 2 aliphatic heterocycles. The van der Waals surface area contributed by atoms with Gasteiger partial charge in [0.15, 0.2) is 12.5 Å². The van der Waals surface area contributed by atoms with E-state index in [2.05, 4.69) is 0 Å². The molecule has 0 spiro atoms. The Balaban J connectivity index is 1.80. The minimum Gasteiger partial charge on any atom is -0.438 e. The first-order valence-electron chi connectivity index (χ1n) is 7.40. The summed E-state index contributed by atoms with van der Waals surface area (Å²) in [6, 6.07) is 0. The number of hydrogen-bond donors (Lipinski definition) is 0. The van der Waals surface area contributed by atoms with Gasteiger partial charge in [0.1, 0.15) is 0 Å². The molecular formula is C14H24N2O4. The van der Waals surface area contributed by atoms with Crippen LogP contribution >= 0.6 is 0 Å². The van der Waals surface area contributed by atoms with Gasteiger partial charge in [0.2, 0.25) is 0 Å². The summed E-state index contributed by atoms with van der Waals surface area (Å²) >= 11 is 0. The second-order valence-electron chi connectivity index (χ2n) is 5.67. The number of likely N-dealkylation sites (tertiary alicyclic amines) is 2. The van der Waals surface area contributed by atoms with E-state index in [1.807, 2.05) is 23.9 Å². The van der Waals surface area contributed by atoms with Crippen LogP contribution in [0.3, 0.4) is 0 Å². The quantitative estimate of drug-likeness (QED) is 0.556. The molecule has 0 N–H and O–H groups in total. The van der Waals surface area contributed by atoms with Crippen molar-refractivity contribution in [1.82, 2.24) is 9.80 Å². The largest absolute Gasteiger partial charge is 0.438 e. The number of rotatable bonds is 2. The average Bonchev–Trinajstić information content (AvgIpc) is 2.43. The summed E-state index contributed by atoms with van der Waals surface area (Å²) in [5, 5.41) is 0. The SMILES string of the molecule is CN1CCCCC1OC(=O)C(=O)OC1CCCCN1C. The van der Waals surface area contributed by atoms with Gasteiger partial charge >= 0.3 is 11.9 Å². The lowest BCUT2D eigenvalue weighted by Gasteiger charge is -2.33. The second kappa shape index (κ2) is 7.04. The molecule has 2 saturated heterocycles. The molecule has 0 aromatic rings. The summed E-state index contributed by atoms with van der Waals surface area (Å²) in [7, 11) is 3.80. The van der Waals surface area contributed by atoms with Gasteiger partial charge in [0.05, 0.1) is 0 Å². The van der Waals surface area contributed by atoms with Crippen LogP contribution in [0.5, 0.6) is 0 Å². The van der Waals surface area contributed by atoms with Crippen LogP contribution in [0.4, 0.5) is 0 Å². The topological polar surface area (TPSA) is 59.1 Å². The maximum atomic E-state index is 11.8. The molecule has 2 fully saturated rings. The first kappa shape index (κ1) is 15.3. The second-order valence-corrected chi connectivity index (χ2v) is 5.67. The van der Waals surface area contributed by atoms with Crippen molar-refractivity contribution >= 4 is 11.9 Å². The van der Waals surface area contributed by atoms with Gasteiger partial charge in [-0.15, -0.1) is 0 Å². The third-order valence-electron chi connectivity index (χ3n) is 4.06. The summed E-state index contributed by atoms with van der Waals surface area (Å²) in [4.78, 5) is 27.5. The van der Waals surface area contributed by atoms with E-state index in [9.17, 15) is 9.59 Å². The molecule has 0 amide bonds. The minimum absolute atomic E-state index is 0.298. The van der Waals surface area contributed by atoms with Crippen LogP contribution in [0.2, 0.25) is 0 Å². The van der Waals surface area contributed by atoms with Crippen LogP contribution < -0.4 is 0 Å². The molecule has 0 aliphatic carbocycles. The molecule has 0 aromatic heterocycles.